The third-order valence-corrected chi connectivity index (χ3v) is 6.45. The lowest BCUT2D eigenvalue weighted by Gasteiger charge is -2.21. The van der Waals surface area contributed by atoms with Crippen LogP contribution in [-0.4, -0.2) is 15.6 Å². The molecule has 0 bridgehead atoms. The van der Waals surface area contributed by atoms with Gasteiger partial charge in [0.15, 0.2) is 0 Å². The van der Waals surface area contributed by atoms with Crippen LogP contribution in [0.15, 0.2) is 4.79 Å². The van der Waals surface area contributed by atoms with Crippen LogP contribution in [0.2, 0.25) is 0 Å². The van der Waals surface area contributed by atoms with Crippen molar-refractivity contribution in [2.24, 2.45) is 5.92 Å². The molecule has 2 aromatic heterocycles. The quantitative estimate of drug-likeness (QED) is 0.818. The summed E-state index contributed by atoms with van der Waals surface area (Å²) in [6.45, 7) is 0. The molecule has 2 aliphatic rings. The summed E-state index contributed by atoms with van der Waals surface area (Å²) in [7, 11) is 0. The molecule has 1 fully saturated rings. The fourth-order valence-corrected chi connectivity index (χ4v) is 5.32. The van der Waals surface area contributed by atoms with Gasteiger partial charge < -0.3 is 4.98 Å². The molecule has 0 unspecified atom stereocenters. The van der Waals surface area contributed by atoms with Crippen molar-refractivity contribution in [1.29, 1.82) is 0 Å². The van der Waals surface area contributed by atoms with E-state index in [0.29, 0.717) is 5.39 Å². The predicted octanol–water partition coefficient (Wildman–Crippen LogP) is 3.26. The Labute approximate surface area is 142 Å². The highest BCUT2D eigenvalue weighted by atomic mass is 32.1. The first-order valence-corrected chi connectivity index (χ1v) is 9.48. The Kier molecular flexibility index (Phi) is 3.85. The Morgan fingerprint density at radius 2 is 2.00 bits per heavy atom. The van der Waals surface area contributed by atoms with E-state index in [-0.39, 0.29) is 22.2 Å². The van der Waals surface area contributed by atoms with Gasteiger partial charge in [-0.05, 0) is 49.9 Å². The van der Waals surface area contributed by atoms with Gasteiger partial charge in [0, 0.05) is 10.8 Å². The summed E-state index contributed by atoms with van der Waals surface area (Å²) in [6, 6.07) is 0. The third-order valence-electron chi connectivity index (χ3n) is 4.96. The van der Waals surface area contributed by atoms with E-state index in [4.69, 9.17) is 12.2 Å². The third kappa shape index (κ3) is 2.55. The SMILES string of the molecule is O=C(Nn1c(=S)[nH]c2sc3c(c2c1=O)CCC3)C1CCCCC1. The molecule has 0 atom stereocenters. The molecule has 0 saturated heterocycles. The summed E-state index contributed by atoms with van der Waals surface area (Å²) in [4.78, 5) is 30.5. The van der Waals surface area contributed by atoms with E-state index in [1.807, 2.05) is 0 Å². The second-order valence-corrected chi connectivity index (χ2v) is 7.94. The number of carbonyl (C=O) groups excluding carboxylic acids is 1. The number of hydrogen-bond acceptors (Lipinski definition) is 4. The van der Waals surface area contributed by atoms with Gasteiger partial charge in [-0.15, -0.1) is 11.3 Å². The van der Waals surface area contributed by atoms with Gasteiger partial charge in [-0.3, -0.25) is 15.0 Å². The Balaban J connectivity index is 1.73. The van der Waals surface area contributed by atoms with Gasteiger partial charge in [0.1, 0.15) is 4.83 Å². The summed E-state index contributed by atoms with van der Waals surface area (Å²) < 4.78 is 1.51. The summed E-state index contributed by atoms with van der Waals surface area (Å²) in [5.41, 5.74) is 3.71. The molecule has 0 radical (unpaired) electrons. The average molecular weight is 349 g/mol. The van der Waals surface area contributed by atoms with E-state index in [0.717, 1.165) is 55.3 Å². The second kappa shape index (κ2) is 5.87. The molecule has 1 amide bonds. The number of carbonyl (C=O) groups is 1. The molecule has 0 spiro atoms. The van der Waals surface area contributed by atoms with E-state index in [9.17, 15) is 9.59 Å². The fraction of sp³-hybridized carbons (Fsp3) is 0.562. The van der Waals surface area contributed by atoms with Gasteiger partial charge in [0.25, 0.3) is 5.56 Å². The van der Waals surface area contributed by atoms with Gasteiger partial charge in [-0.2, -0.15) is 4.68 Å². The summed E-state index contributed by atoms with van der Waals surface area (Å²) in [5.74, 6) is -0.0912. The van der Waals surface area contributed by atoms with Gasteiger partial charge in [0.2, 0.25) is 10.7 Å². The first-order valence-electron chi connectivity index (χ1n) is 8.25. The van der Waals surface area contributed by atoms with Crippen LogP contribution in [0.1, 0.15) is 49.0 Å². The summed E-state index contributed by atoms with van der Waals surface area (Å²) in [5, 5.41) is 0.708. The minimum atomic E-state index is -0.188. The zero-order chi connectivity index (χ0) is 16.0. The van der Waals surface area contributed by atoms with Crippen molar-refractivity contribution >= 4 is 39.7 Å². The van der Waals surface area contributed by atoms with Gasteiger partial charge >= 0.3 is 0 Å². The van der Waals surface area contributed by atoms with E-state index >= 15 is 0 Å². The highest BCUT2D eigenvalue weighted by Gasteiger charge is 2.24. The first kappa shape index (κ1) is 15.1. The summed E-state index contributed by atoms with van der Waals surface area (Å²) >= 11 is 6.92. The predicted molar refractivity (Wildman–Crippen MR) is 94.2 cm³/mol. The van der Waals surface area contributed by atoms with Gasteiger partial charge in [0.05, 0.1) is 5.39 Å². The Hall–Kier alpha value is -1.47. The Morgan fingerprint density at radius 1 is 1.22 bits per heavy atom. The van der Waals surface area contributed by atoms with Crippen LogP contribution in [0.25, 0.3) is 10.2 Å². The molecular formula is C16H19N3O2S2. The van der Waals surface area contributed by atoms with Crippen molar-refractivity contribution in [2.75, 3.05) is 5.43 Å². The highest BCUT2D eigenvalue weighted by Crippen LogP contribution is 2.34. The van der Waals surface area contributed by atoms with E-state index < -0.39 is 0 Å². The van der Waals surface area contributed by atoms with Crippen molar-refractivity contribution in [3.8, 4) is 0 Å². The number of aromatic nitrogens is 2. The number of nitrogens with one attached hydrogen (secondary N) is 2. The molecule has 2 aromatic rings. The number of nitrogens with zero attached hydrogens (tertiary/aromatic N) is 1. The largest absolute Gasteiger partial charge is 0.322 e. The molecule has 0 aliphatic heterocycles. The van der Waals surface area contributed by atoms with Crippen molar-refractivity contribution < 1.29 is 4.79 Å². The van der Waals surface area contributed by atoms with E-state index in [1.54, 1.807) is 11.3 Å². The van der Waals surface area contributed by atoms with Crippen molar-refractivity contribution in [1.82, 2.24) is 9.66 Å². The maximum Gasteiger partial charge on any atom is 0.282 e. The standard InChI is InChI=1S/C16H19N3O2S2/c20-13(9-5-2-1-3-6-9)18-19-15(21)12-10-7-4-8-11(10)23-14(12)17-16(19)22/h9H,1-8H2,(H,17,22)(H,18,20). The molecule has 5 nitrogen and oxygen atoms in total. The molecule has 7 heteroatoms. The van der Waals surface area contributed by atoms with Crippen LogP contribution in [0, 0.1) is 10.7 Å². The number of hydrogen-bond donors (Lipinski definition) is 2. The van der Waals surface area contributed by atoms with Crippen molar-refractivity contribution in [2.45, 2.75) is 51.4 Å². The molecular weight excluding hydrogens is 330 g/mol. The minimum absolute atomic E-state index is 0.00561. The lowest BCUT2D eigenvalue weighted by molar-refractivity contribution is -0.121. The topological polar surface area (TPSA) is 66.9 Å². The van der Waals surface area contributed by atoms with Crippen LogP contribution in [0.5, 0.6) is 0 Å². The van der Waals surface area contributed by atoms with E-state index in [1.165, 1.54) is 16.0 Å². The molecule has 1 saturated carbocycles. The van der Waals surface area contributed by atoms with Crippen LogP contribution in [-0.2, 0) is 17.6 Å². The lowest BCUT2D eigenvalue weighted by atomic mass is 9.89. The zero-order valence-electron chi connectivity index (χ0n) is 12.8. The molecule has 2 aliphatic carbocycles. The number of aromatic amines is 1. The van der Waals surface area contributed by atoms with Crippen LogP contribution in [0.4, 0.5) is 0 Å². The first-order chi connectivity index (χ1) is 11.1. The molecule has 2 heterocycles. The Morgan fingerprint density at radius 3 is 2.78 bits per heavy atom. The zero-order valence-corrected chi connectivity index (χ0v) is 14.4. The number of aryl methyl sites for hydroxylation is 2. The number of fused-ring (bicyclic) bond motifs is 3. The highest BCUT2D eigenvalue weighted by molar-refractivity contribution is 7.71. The second-order valence-electron chi connectivity index (χ2n) is 6.44. The fourth-order valence-electron chi connectivity index (χ4n) is 3.74. The van der Waals surface area contributed by atoms with Crippen LogP contribution in [0.3, 0.4) is 0 Å². The number of amides is 1. The van der Waals surface area contributed by atoms with Crippen molar-refractivity contribution in [3.63, 3.8) is 0 Å². The maximum absolute atomic E-state index is 12.9. The smallest absolute Gasteiger partial charge is 0.282 e. The van der Waals surface area contributed by atoms with Crippen LogP contribution < -0.4 is 11.0 Å². The van der Waals surface area contributed by atoms with Crippen LogP contribution >= 0.6 is 23.6 Å². The maximum atomic E-state index is 12.9. The van der Waals surface area contributed by atoms with Crippen molar-refractivity contribution in [3.05, 3.63) is 25.6 Å². The normalized spacial score (nSPS) is 18.3. The monoisotopic (exact) mass is 349 g/mol. The Bertz CT molecular complexity index is 887. The molecule has 23 heavy (non-hydrogen) atoms. The lowest BCUT2D eigenvalue weighted by Crippen LogP contribution is -2.38. The number of H-pyrrole nitrogens is 1. The molecule has 4 rings (SSSR count). The molecule has 0 aromatic carbocycles. The van der Waals surface area contributed by atoms with E-state index in [2.05, 4.69) is 10.4 Å². The average Bonchev–Trinajstić information content (AvgIpc) is 3.12. The van der Waals surface area contributed by atoms with Gasteiger partial charge in [-0.1, -0.05) is 19.3 Å². The molecule has 122 valence electrons. The van der Waals surface area contributed by atoms with Gasteiger partial charge in [-0.25, -0.2) is 0 Å². The summed E-state index contributed by atoms with van der Waals surface area (Å²) in [6.07, 6.45) is 8.21. The number of rotatable bonds is 2. The minimum Gasteiger partial charge on any atom is -0.322 e. The number of thiophene rings is 1. The molecule has 2 N–H and O–H groups in total.